The zero-order valence-electron chi connectivity index (χ0n) is 18.2. The minimum absolute atomic E-state index is 0.0173. The van der Waals surface area contributed by atoms with E-state index in [1.165, 1.54) is 12.0 Å². The smallest absolute Gasteiger partial charge is 0.276 e. The van der Waals surface area contributed by atoms with Gasteiger partial charge >= 0.3 is 0 Å². The Labute approximate surface area is 197 Å². The maximum Gasteiger partial charge on any atom is 0.276 e. The zero-order valence-corrected chi connectivity index (χ0v) is 19.0. The van der Waals surface area contributed by atoms with Gasteiger partial charge in [-0.2, -0.15) is 0 Å². The zero-order chi connectivity index (χ0) is 23.2. The van der Waals surface area contributed by atoms with Crippen LogP contribution in [0.5, 0.6) is 11.5 Å². The largest absolute Gasteiger partial charge is 0.493 e. The Morgan fingerprint density at radius 2 is 2.09 bits per heavy atom. The first-order valence-electron chi connectivity index (χ1n) is 10.7. The highest BCUT2D eigenvalue weighted by Gasteiger charge is 2.33. The Hall–Kier alpha value is -3.43. The number of nitrogens with zero attached hydrogens (tertiary/aromatic N) is 1. The van der Waals surface area contributed by atoms with Gasteiger partial charge in [0.15, 0.2) is 23.2 Å². The lowest BCUT2D eigenvalue weighted by Gasteiger charge is -2.18. The molecular weight excluding hydrogens is 442 g/mol. The van der Waals surface area contributed by atoms with Crippen LogP contribution < -0.4 is 20.1 Å². The summed E-state index contributed by atoms with van der Waals surface area (Å²) >= 11 is 5.34. The van der Waals surface area contributed by atoms with Crippen LogP contribution in [0.15, 0.2) is 54.2 Å². The minimum atomic E-state index is -0.282. The maximum absolute atomic E-state index is 12.8. The van der Waals surface area contributed by atoms with Crippen LogP contribution in [-0.2, 0) is 14.3 Å². The van der Waals surface area contributed by atoms with Crippen LogP contribution in [0.25, 0.3) is 6.08 Å². The molecule has 2 fully saturated rings. The summed E-state index contributed by atoms with van der Waals surface area (Å²) in [6, 6.07) is 14.4. The number of thiocarbonyl (C=S) groups is 1. The molecule has 2 aliphatic heterocycles. The first-order chi connectivity index (χ1) is 16.0. The fourth-order valence-electron chi connectivity index (χ4n) is 3.65. The maximum atomic E-state index is 12.8. The van der Waals surface area contributed by atoms with E-state index in [-0.39, 0.29) is 24.5 Å². The first kappa shape index (κ1) is 22.8. The molecule has 0 radical (unpaired) electrons. The fourth-order valence-corrected chi connectivity index (χ4v) is 3.92. The SMILES string of the molecule is COc1cc(/C=C2/NC(=S)N(CC3CCCO3)C2=O)ccc1OCC(=O)Nc1ccccc1. The number of ether oxygens (including phenoxy) is 3. The third-order valence-corrected chi connectivity index (χ3v) is 5.61. The number of hydrogen-bond acceptors (Lipinski definition) is 6. The van der Waals surface area contributed by atoms with E-state index in [0.29, 0.717) is 34.5 Å². The molecule has 172 valence electrons. The predicted molar refractivity (Wildman–Crippen MR) is 128 cm³/mol. The molecule has 2 aromatic carbocycles. The van der Waals surface area contributed by atoms with E-state index in [4.69, 9.17) is 26.4 Å². The second kappa shape index (κ2) is 10.5. The van der Waals surface area contributed by atoms with Gasteiger partial charge in [-0.15, -0.1) is 0 Å². The Balaban J connectivity index is 1.40. The number of amides is 2. The molecule has 2 N–H and O–H groups in total. The number of methoxy groups -OCH3 is 1. The van der Waals surface area contributed by atoms with Crippen molar-refractivity contribution in [2.75, 3.05) is 32.2 Å². The van der Waals surface area contributed by atoms with Crippen molar-refractivity contribution in [1.29, 1.82) is 0 Å². The molecule has 1 unspecified atom stereocenters. The van der Waals surface area contributed by atoms with Gasteiger partial charge in [0.25, 0.3) is 11.8 Å². The van der Waals surface area contributed by atoms with Crippen molar-refractivity contribution >= 4 is 40.9 Å². The van der Waals surface area contributed by atoms with Gasteiger partial charge in [0.05, 0.1) is 19.8 Å². The van der Waals surface area contributed by atoms with Gasteiger partial charge < -0.3 is 24.8 Å². The van der Waals surface area contributed by atoms with E-state index < -0.39 is 0 Å². The second-order valence-electron chi connectivity index (χ2n) is 7.65. The van der Waals surface area contributed by atoms with Crippen molar-refractivity contribution in [2.24, 2.45) is 0 Å². The Bertz CT molecular complexity index is 1070. The molecule has 33 heavy (non-hydrogen) atoms. The van der Waals surface area contributed by atoms with Crippen LogP contribution in [-0.4, -0.2) is 54.8 Å². The van der Waals surface area contributed by atoms with E-state index in [0.717, 1.165) is 25.0 Å². The molecule has 0 aliphatic carbocycles. The van der Waals surface area contributed by atoms with Crippen molar-refractivity contribution in [1.82, 2.24) is 10.2 Å². The standard InChI is InChI=1S/C24H25N3O5S/c1-30-21-13-16(9-10-20(21)32-15-22(28)25-17-6-3-2-4-7-17)12-19-23(29)27(24(33)26-19)14-18-8-5-11-31-18/h2-4,6-7,9-10,12-13,18H,5,8,11,14-15H2,1H3,(H,25,28)(H,26,33)/b19-12+. The van der Waals surface area contributed by atoms with Gasteiger partial charge in [-0.05, 0) is 61.0 Å². The summed E-state index contributed by atoms with van der Waals surface area (Å²) in [4.78, 5) is 26.5. The van der Waals surface area contributed by atoms with Crippen LogP contribution in [0.1, 0.15) is 18.4 Å². The highest BCUT2D eigenvalue weighted by molar-refractivity contribution is 7.80. The van der Waals surface area contributed by atoms with Crippen molar-refractivity contribution in [3.8, 4) is 11.5 Å². The number of anilines is 1. The van der Waals surface area contributed by atoms with E-state index >= 15 is 0 Å². The molecule has 8 nitrogen and oxygen atoms in total. The Kier molecular flexibility index (Phi) is 7.21. The third-order valence-electron chi connectivity index (χ3n) is 5.29. The number of rotatable bonds is 8. The summed E-state index contributed by atoms with van der Waals surface area (Å²) in [5, 5.41) is 6.12. The van der Waals surface area contributed by atoms with E-state index in [9.17, 15) is 9.59 Å². The second-order valence-corrected chi connectivity index (χ2v) is 8.04. The molecule has 2 aromatic rings. The molecule has 2 heterocycles. The van der Waals surface area contributed by atoms with Crippen molar-refractivity contribution in [3.63, 3.8) is 0 Å². The van der Waals surface area contributed by atoms with Gasteiger partial charge in [-0.25, -0.2) is 0 Å². The van der Waals surface area contributed by atoms with Crippen LogP contribution in [0.3, 0.4) is 0 Å². The number of nitrogens with one attached hydrogen (secondary N) is 2. The summed E-state index contributed by atoms with van der Waals surface area (Å²) in [6.07, 6.45) is 3.65. The van der Waals surface area contributed by atoms with Crippen molar-refractivity contribution < 1.29 is 23.8 Å². The molecule has 4 rings (SSSR count). The number of hydrogen-bond donors (Lipinski definition) is 2. The highest BCUT2D eigenvalue weighted by Crippen LogP contribution is 2.29. The average Bonchev–Trinajstić information content (AvgIpc) is 3.43. The number of para-hydroxylation sites is 1. The number of carbonyl (C=O) groups is 2. The van der Waals surface area contributed by atoms with E-state index in [1.54, 1.807) is 36.4 Å². The molecule has 0 spiro atoms. The normalized spacial score (nSPS) is 19.0. The van der Waals surface area contributed by atoms with Gasteiger partial charge in [-0.1, -0.05) is 24.3 Å². The first-order valence-corrected chi connectivity index (χ1v) is 11.1. The third kappa shape index (κ3) is 5.68. The molecular formula is C24H25N3O5S. The monoisotopic (exact) mass is 467 g/mol. The van der Waals surface area contributed by atoms with Gasteiger partial charge in [0, 0.05) is 12.3 Å². The molecule has 0 aromatic heterocycles. The predicted octanol–water partition coefficient (Wildman–Crippen LogP) is 2.95. The Morgan fingerprint density at radius 3 is 2.82 bits per heavy atom. The fraction of sp³-hybridized carbons (Fsp3) is 0.292. The molecule has 2 saturated heterocycles. The summed E-state index contributed by atoms with van der Waals surface area (Å²) in [5.41, 5.74) is 1.81. The summed E-state index contributed by atoms with van der Waals surface area (Å²) in [7, 11) is 1.51. The molecule has 9 heteroatoms. The van der Waals surface area contributed by atoms with Gasteiger partial charge in [0.2, 0.25) is 0 Å². The van der Waals surface area contributed by atoms with Gasteiger partial charge in [0.1, 0.15) is 5.70 Å². The number of benzene rings is 2. The van der Waals surface area contributed by atoms with E-state index in [2.05, 4.69) is 10.6 Å². The summed E-state index contributed by atoms with van der Waals surface area (Å²) < 4.78 is 16.7. The lowest BCUT2D eigenvalue weighted by Crippen LogP contribution is -2.37. The van der Waals surface area contributed by atoms with E-state index in [1.807, 2.05) is 18.2 Å². The lowest BCUT2D eigenvalue weighted by atomic mass is 10.1. The minimum Gasteiger partial charge on any atom is -0.493 e. The molecule has 2 amide bonds. The number of carbonyl (C=O) groups excluding carboxylic acids is 2. The topological polar surface area (TPSA) is 89.1 Å². The van der Waals surface area contributed by atoms with Crippen LogP contribution in [0, 0.1) is 0 Å². The molecule has 0 saturated carbocycles. The average molecular weight is 468 g/mol. The Morgan fingerprint density at radius 1 is 1.27 bits per heavy atom. The molecule has 2 aliphatic rings. The van der Waals surface area contributed by atoms with Crippen molar-refractivity contribution in [2.45, 2.75) is 18.9 Å². The van der Waals surface area contributed by atoms with Crippen LogP contribution in [0.2, 0.25) is 0 Å². The quantitative estimate of drug-likeness (QED) is 0.456. The van der Waals surface area contributed by atoms with Crippen LogP contribution in [0.4, 0.5) is 5.69 Å². The van der Waals surface area contributed by atoms with Gasteiger partial charge in [-0.3, -0.25) is 14.5 Å². The highest BCUT2D eigenvalue weighted by atomic mass is 32.1. The molecule has 0 bridgehead atoms. The summed E-state index contributed by atoms with van der Waals surface area (Å²) in [6.45, 7) is 0.999. The summed E-state index contributed by atoms with van der Waals surface area (Å²) in [5.74, 6) is 0.396. The lowest BCUT2D eigenvalue weighted by molar-refractivity contribution is -0.123. The molecule has 1 atom stereocenters. The van der Waals surface area contributed by atoms with Crippen molar-refractivity contribution in [3.05, 3.63) is 59.8 Å². The van der Waals surface area contributed by atoms with Crippen LogP contribution >= 0.6 is 12.2 Å².